The number of carboxylic acids is 1. The quantitative estimate of drug-likeness (QED) is 0.0460. The van der Waals surface area contributed by atoms with Crippen molar-refractivity contribution in [2.24, 2.45) is 11.8 Å². The Bertz CT molecular complexity index is 2740. The van der Waals surface area contributed by atoms with Crippen LogP contribution in [0.15, 0.2) is 72.8 Å². The average molecular weight is 1030 g/mol. The lowest BCUT2D eigenvalue weighted by Crippen LogP contribution is -2.56. The standard InChI is InChI=1S/C56H67N5O14/c1-7-38(36-29-46(72-4)52(74-6)47(30-36)73-5)54(66)60-24-12-16-39(51(60)56(68)69)35(26-34-19-21-44(70-2)45(28-34)71-3)25-33-13-10-14-37(27-33)75-32-50(64)57-23-9-8-18-48(62)58-42-17-11-15-40-41(42)31-61(55(40)67)43-20-22-49(63)59-53(43)65/h10-11,13-15,17,19,21,27-30,35,38-39,43,51H,7-9,12,16,18,20,22-26,31-32H2,1-6H3,(H,57,64)(H,58,62)(H,68,69)(H,59,63,65)/t35?,38-,39?,43?,51-/m0/s1. The normalized spacial score (nSPS) is 18.0. The van der Waals surface area contributed by atoms with E-state index in [4.69, 9.17) is 28.4 Å². The van der Waals surface area contributed by atoms with Gasteiger partial charge in [-0.25, -0.2) is 4.79 Å². The molecular formula is C56H67N5O14. The fourth-order valence-electron chi connectivity index (χ4n) is 10.6. The molecule has 0 radical (unpaired) electrons. The third-order valence-electron chi connectivity index (χ3n) is 14.3. The van der Waals surface area contributed by atoms with Gasteiger partial charge in [-0.15, -0.1) is 0 Å². The topological polar surface area (TPSA) is 238 Å². The second-order valence-corrected chi connectivity index (χ2v) is 18.9. The lowest BCUT2D eigenvalue weighted by molar-refractivity contribution is -0.157. The maximum atomic E-state index is 14.7. The maximum absolute atomic E-state index is 14.7. The molecule has 7 rings (SSSR count). The molecule has 3 aliphatic heterocycles. The molecule has 3 heterocycles. The summed E-state index contributed by atoms with van der Waals surface area (Å²) >= 11 is 0. The number of carboxylic acid groups (broad SMARTS) is 1. The molecule has 6 amide bonds. The average Bonchev–Trinajstić information content (AvgIpc) is 3.75. The zero-order valence-electron chi connectivity index (χ0n) is 43.4. The van der Waals surface area contributed by atoms with Gasteiger partial charge in [0.25, 0.3) is 11.8 Å². The van der Waals surface area contributed by atoms with Crippen LogP contribution in [0.3, 0.4) is 0 Å². The molecule has 4 aromatic rings. The van der Waals surface area contributed by atoms with E-state index in [1.807, 2.05) is 43.3 Å². The molecule has 5 atom stereocenters. The molecule has 0 spiro atoms. The van der Waals surface area contributed by atoms with E-state index in [0.717, 1.165) is 11.1 Å². The molecule has 4 N–H and O–H groups in total. The largest absolute Gasteiger partial charge is 0.493 e. The zero-order chi connectivity index (χ0) is 53.8. The summed E-state index contributed by atoms with van der Waals surface area (Å²) in [6.45, 7) is 2.33. The van der Waals surface area contributed by atoms with E-state index in [1.54, 1.807) is 50.6 Å². The molecule has 75 heavy (non-hydrogen) atoms. The van der Waals surface area contributed by atoms with Crippen LogP contribution in [0.1, 0.15) is 96.8 Å². The molecule has 3 unspecified atom stereocenters. The Morgan fingerprint density at radius 1 is 0.787 bits per heavy atom. The van der Waals surface area contributed by atoms with Crippen molar-refractivity contribution in [2.75, 3.05) is 60.6 Å². The molecule has 400 valence electrons. The summed E-state index contributed by atoms with van der Waals surface area (Å²) in [6.07, 6.45) is 3.94. The molecule has 2 fully saturated rings. The molecule has 19 nitrogen and oxygen atoms in total. The Morgan fingerprint density at radius 2 is 1.49 bits per heavy atom. The number of nitrogens with zero attached hydrogens (tertiary/aromatic N) is 2. The van der Waals surface area contributed by atoms with Gasteiger partial charge >= 0.3 is 5.97 Å². The lowest BCUT2D eigenvalue weighted by atomic mass is 9.73. The molecule has 0 aromatic heterocycles. The third-order valence-corrected chi connectivity index (χ3v) is 14.3. The van der Waals surface area contributed by atoms with Gasteiger partial charge in [-0.05, 0) is 128 Å². The summed E-state index contributed by atoms with van der Waals surface area (Å²) in [7, 11) is 7.62. The zero-order valence-corrected chi connectivity index (χ0v) is 43.4. The second kappa shape index (κ2) is 25.4. The summed E-state index contributed by atoms with van der Waals surface area (Å²) in [5.74, 6) is -1.96. The highest BCUT2D eigenvalue weighted by molar-refractivity contribution is 6.07. The van der Waals surface area contributed by atoms with Gasteiger partial charge in [0, 0.05) is 49.3 Å². The van der Waals surface area contributed by atoms with Crippen LogP contribution in [-0.4, -0.2) is 124 Å². The Morgan fingerprint density at radius 3 is 2.16 bits per heavy atom. The summed E-state index contributed by atoms with van der Waals surface area (Å²) in [6, 6.07) is 19.6. The number of amides is 6. The fraction of sp³-hybridized carbons (Fsp3) is 0.446. The first kappa shape index (κ1) is 54.9. The number of likely N-dealkylation sites (tertiary alicyclic amines) is 1. The monoisotopic (exact) mass is 1030 g/mol. The number of methoxy groups -OCH3 is 5. The van der Waals surface area contributed by atoms with Crippen LogP contribution in [0, 0.1) is 11.8 Å². The number of benzene rings is 4. The molecule has 3 aliphatic rings. The van der Waals surface area contributed by atoms with E-state index in [-0.39, 0.29) is 74.4 Å². The molecule has 4 aromatic carbocycles. The van der Waals surface area contributed by atoms with E-state index in [2.05, 4.69) is 16.0 Å². The van der Waals surface area contributed by atoms with E-state index in [0.29, 0.717) is 108 Å². The first-order valence-electron chi connectivity index (χ1n) is 25.3. The van der Waals surface area contributed by atoms with Crippen molar-refractivity contribution >= 4 is 47.1 Å². The van der Waals surface area contributed by atoms with Crippen molar-refractivity contribution in [1.29, 1.82) is 0 Å². The van der Waals surface area contributed by atoms with Crippen LogP contribution in [0.4, 0.5) is 5.69 Å². The van der Waals surface area contributed by atoms with Crippen LogP contribution in [0.25, 0.3) is 0 Å². The van der Waals surface area contributed by atoms with Crippen LogP contribution in [0.5, 0.6) is 34.5 Å². The van der Waals surface area contributed by atoms with E-state index in [1.165, 1.54) is 31.1 Å². The van der Waals surface area contributed by atoms with Gasteiger partial charge < -0.3 is 54.0 Å². The third kappa shape index (κ3) is 12.9. The van der Waals surface area contributed by atoms with Crippen molar-refractivity contribution in [2.45, 2.75) is 95.7 Å². The highest BCUT2D eigenvalue weighted by atomic mass is 16.5. The Labute approximate surface area is 436 Å². The first-order chi connectivity index (χ1) is 36.2. The summed E-state index contributed by atoms with van der Waals surface area (Å²) in [5.41, 5.74) is 3.86. The molecule has 0 saturated carbocycles. The number of unbranched alkanes of at least 4 members (excludes halogenated alkanes) is 1. The van der Waals surface area contributed by atoms with Gasteiger partial charge in [0.15, 0.2) is 29.6 Å². The number of nitrogens with one attached hydrogen (secondary N) is 3. The Kier molecular flexibility index (Phi) is 18.6. The molecule has 19 heteroatoms. The summed E-state index contributed by atoms with van der Waals surface area (Å²) in [4.78, 5) is 94.5. The minimum absolute atomic E-state index is 0.132. The van der Waals surface area contributed by atoms with Gasteiger partial charge in [-0.2, -0.15) is 0 Å². The number of hydrogen-bond acceptors (Lipinski definition) is 13. The number of anilines is 1. The van der Waals surface area contributed by atoms with Crippen LogP contribution in [-0.2, 0) is 48.2 Å². The predicted molar refractivity (Wildman–Crippen MR) is 275 cm³/mol. The summed E-state index contributed by atoms with van der Waals surface area (Å²) in [5, 5.41) is 19.1. The number of piperidine rings is 2. The molecule has 0 aliphatic carbocycles. The Hall–Kier alpha value is -7.83. The minimum atomic E-state index is -1.14. The smallest absolute Gasteiger partial charge is 0.326 e. The molecule has 0 bridgehead atoms. The number of hydrogen-bond donors (Lipinski definition) is 4. The predicted octanol–water partition coefficient (Wildman–Crippen LogP) is 6.08. The van der Waals surface area contributed by atoms with Crippen molar-refractivity contribution in [3.63, 3.8) is 0 Å². The molecular weight excluding hydrogens is 967 g/mol. The van der Waals surface area contributed by atoms with Gasteiger partial charge in [-0.3, -0.25) is 34.1 Å². The van der Waals surface area contributed by atoms with E-state index in [9.17, 15) is 38.7 Å². The van der Waals surface area contributed by atoms with Gasteiger partial charge in [-0.1, -0.05) is 31.2 Å². The second-order valence-electron chi connectivity index (χ2n) is 18.9. The highest BCUT2D eigenvalue weighted by Gasteiger charge is 2.45. The lowest BCUT2D eigenvalue weighted by Gasteiger charge is -2.43. The SMILES string of the molecule is CC[C@H](C(=O)N1CCCC(C(Cc2cccc(OCC(=O)NCCCCC(=O)Nc3cccc4c3CN(C3CCC(=O)NC3=O)C4=O)c2)Cc2ccc(OC)c(OC)c2)[C@H]1C(=O)O)c1cc(OC)c(OC)c(OC)c1. The number of fused-ring (bicyclic) bond motifs is 1. The van der Waals surface area contributed by atoms with Gasteiger partial charge in [0.1, 0.15) is 17.8 Å². The maximum Gasteiger partial charge on any atom is 0.326 e. The molecule has 2 saturated heterocycles. The van der Waals surface area contributed by atoms with Crippen molar-refractivity contribution in [3.8, 4) is 34.5 Å². The number of imide groups is 1. The Balaban J connectivity index is 0.970. The van der Waals surface area contributed by atoms with Crippen LogP contribution < -0.4 is 44.4 Å². The van der Waals surface area contributed by atoms with Crippen molar-refractivity contribution < 1.29 is 67.1 Å². The fourth-order valence-corrected chi connectivity index (χ4v) is 10.6. The number of ether oxygens (including phenoxy) is 6. The number of carbonyl (C=O) groups is 7. The van der Waals surface area contributed by atoms with Gasteiger partial charge in [0.2, 0.25) is 29.4 Å². The number of carbonyl (C=O) groups excluding carboxylic acids is 6. The first-order valence-corrected chi connectivity index (χ1v) is 25.3. The number of rotatable bonds is 24. The van der Waals surface area contributed by atoms with Crippen molar-refractivity contribution in [3.05, 3.63) is 101 Å². The van der Waals surface area contributed by atoms with E-state index < -0.39 is 35.8 Å². The van der Waals surface area contributed by atoms with Gasteiger partial charge in [0.05, 0.1) is 41.5 Å². The van der Waals surface area contributed by atoms with Crippen LogP contribution >= 0.6 is 0 Å². The summed E-state index contributed by atoms with van der Waals surface area (Å²) < 4.78 is 33.8. The van der Waals surface area contributed by atoms with Crippen LogP contribution in [0.2, 0.25) is 0 Å². The van der Waals surface area contributed by atoms with Crippen molar-refractivity contribution in [1.82, 2.24) is 20.4 Å². The minimum Gasteiger partial charge on any atom is -0.493 e. The highest BCUT2D eigenvalue weighted by Crippen LogP contribution is 2.43. The van der Waals surface area contributed by atoms with E-state index >= 15 is 0 Å². The number of aliphatic carboxylic acids is 1.